The number of nitrogens with zero attached hydrogens (tertiary/aromatic N) is 1. The average molecular weight is 450 g/mol. The van der Waals surface area contributed by atoms with Gasteiger partial charge in [0, 0.05) is 25.4 Å². The molecular weight excluding hydrogens is 422 g/mol. The van der Waals surface area contributed by atoms with Gasteiger partial charge in [-0.1, -0.05) is 32.9 Å². The Morgan fingerprint density at radius 3 is 2.29 bits per heavy atom. The first-order valence-electron chi connectivity index (χ1n) is 9.60. The molecule has 0 heterocycles. The van der Waals surface area contributed by atoms with E-state index in [0.717, 1.165) is 17.9 Å². The molecule has 2 rings (SSSR count). The van der Waals surface area contributed by atoms with Crippen LogP contribution >= 0.6 is 0 Å². The SMILES string of the molecule is CC(C)(C)c1ccc(OCC(=O)NCCNc2ccc(S(C)(=O)=O)cc2[N+](=O)[O-])cc1. The smallest absolute Gasteiger partial charge is 0.293 e. The first-order valence-corrected chi connectivity index (χ1v) is 11.5. The number of nitro benzene ring substituents is 1. The summed E-state index contributed by atoms with van der Waals surface area (Å²) >= 11 is 0. The Kier molecular flexibility index (Phi) is 7.61. The van der Waals surface area contributed by atoms with E-state index in [1.54, 1.807) is 0 Å². The predicted octanol–water partition coefficient (Wildman–Crippen LogP) is 2.90. The van der Waals surface area contributed by atoms with E-state index in [-0.39, 0.29) is 47.3 Å². The van der Waals surface area contributed by atoms with Crippen LogP contribution in [0.3, 0.4) is 0 Å². The highest BCUT2D eigenvalue weighted by Gasteiger charge is 2.18. The van der Waals surface area contributed by atoms with Crippen LogP contribution in [-0.2, 0) is 20.0 Å². The van der Waals surface area contributed by atoms with Gasteiger partial charge in [-0.3, -0.25) is 14.9 Å². The number of sulfone groups is 1. The summed E-state index contributed by atoms with van der Waals surface area (Å²) in [6.45, 7) is 6.59. The van der Waals surface area contributed by atoms with Crippen LogP contribution < -0.4 is 15.4 Å². The fourth-order valence-corrected chi connectivity index (χ4v) is 3.33. The standard InChI is InChI=1S/C21H27N3O6S/c1-21(2,3)15-5-7-16(8-6-15)30-14-20(25)23-12-11-22-18-10-9-17(31(4,28)29)13-19(18)24(26)27/h5-10,13,22H,11-12,14H2,1-4H3,(H,23,25). The van der Waals surface area contributed by atoms with E-state index < -0.39 is 14.8 Å². The number of ether oxygens (including phenoxy) is 1. The van der Waals surface area contributed by atoms with Crippen molar-refractivity contribution in [2.45, 2.75) is 31.1 Å². The Labute approximate surface area is 181 Å². The highest BCUT2D eigenvalue weighted by atomic mass is 32.2. The van der Waals surface area contributed by atoms with E-state index in [1.165, 1.54) is 12.1 Å². The maximum Gasteiger partial charge on any atom is 0.293 e. The Bertz CT molecular complexity index is 1040. The van der Waals surface area contributed by atoms with E-state index in [4.69, 9.17) is 4.74 Å². The number of amides is 1. The Morgan fingerprint density at radius 1 is 1.10 bits per heavy atom. The number of carbonyl (C=O) groups is 1. The van der Waals surface area contributed by atoms with Gasteiger partial charge in [-0.25, -0.2) is 8.42 Å². The van der Waals surface area contributed by atoms with Gasteiger partial charge in [0.1, 0.15) is 11.4 Å². The minimum absolute atomic E-state index is 0.0308. The van der Waals surface area contributed by atoms with Gasteiger partial charge in [-0.05, 0) is 35.2 Å². The van der Waals surface area contributed by atoms with E-state index in [0.29, 0.717) is 5.75 Å². The number of hydrogen-bond acceptors (Lipinski definition) is 7. The van der Waals surface area contributed by atoms with Crippen molar-refractivity contribution in [3.05, 3.63) is 58.1 Å². The minimum atomic E-state index is -3.55. The second kappa shape index (κ2) is 9.78. The third-order valence-electron chi connectivity index (χ3n) is 4.45. The highest BCUT2D eigenvalue weighted by Crippen LogP contribution is 2.27. The van der Waals surface area contributed by atoms with Gasteiger partial charge in [0.05, 0.1) is 9.82 Å². The minimum Gasteiger partial charge on any atom is -0.484 e. The van der Waals surface area contributed by atoms with Crippen LogP contribution in [0.25, 0.3) is 0 Å². The van der Waals surface area contributed by atoms with Crippen molar-refractivity contribution in [1.82, 2.24) is 5.32 Å². The number of hydrogen-bond donors (Lipinski definition) is 2. The number of nitrogens with one attached hydrogen (secondary N) is 2. The summed E-state index contributed by atoms with van der Waals surface area (Å²) in [5.41, 5.74) is 1.01. The lowest BCUT2D eigenvalue weighted by Gasteiger charge is -2.19. The molecule has 2 aromatic carbocycles. The zero-order valence-corrected chi connectivity index (χ0v) is 18.8. The molecule has 0 spiro atoms. The molecule has 168 valence electrons. The largest absolute Gasteiger partial charge is 0.484 e. The molecule has 2 aromatic rings. The summed E-state index contributed by atoms with van der Waals surface area (Å²) < 4.78 is 28.6. The van der Waals surface area contributed by atoms with Crippen LogP contribution in [-0.4, -0.2) is 45.2 Å². The first kappa shape index (κ1) is 24.1. The van der Waals surface area contributed by atoms with Crippen LogP contribution in [0.5, 0.6) is 5.75 Å². The summed E-state index contributed by atoms with van der Waals surface area (Å²) in [4.78, 5) is 22.4. The van der Waals surface area contributed by atoms with Crippen molar-refractivity contribution in [3.8, 4) is 5.75 Å². The molecule has 0 unspecified atom stereocenters. The number of nitro groups is 1. The van der Waals surface area contributed by atoms with E-state index >= 15 is 0 Å². The molecule has 0 saturated heterocycles. The van der Waals surface area contributed by atoms with Crippen LogP contribution in [0.1, 0.15) is 26.3 Å². The lowest BCUT2D eigenvalue weighted by molar-refractivity contribution is -0.384. The molecule has 0 saturated carbocycles. The first-order chi connectivity index (χ1) is 14.4. The van der Waals surface area contributed by atoms with Crippen LogP contribution in [0.15, 0.2) is 47.4 Å². The predicted molar refractivity (Wildman–Crippen MR) is 118 cm³/mol. The monoisotopic (exact) mass is 449 g/mol. The number of carbonyl (C=O) groups excluding carboxylic acids is 1. The van der Waals surface area contributed by atoms with Gasteiger partial charge < -0.3 is 15.4 Å². The van der Waals surface area contributed by atoms with E-state index in [9.17, 15) is 23.3 Å². The quantitative estimate of drug-likeness (QED) is 0.342. The number of benzene rings is 2. The molecule has 0 fully saturated rings. The lowest BCUT2D eigenvalue weighted by Crippen LogP contribution is -2.32. The fraction of sp³-hybridized carbons (Fsp3) is 0.381. The number of anilines is 1. The van der Waals surface area contributed by atoms with E-state index in [2.05, 4.69) is 31.4 Å². The van der Waals surface area contributed by atoms with Gasteiger partial charge >= 0.3 is 0 Å². The maximum atomic E-state index is 11.9. The molecule has 0 aliphatic rings. The molecule has 31 heavy (non-hydrogen) atoms. The van der Waals surface area contributed by atoms with Gasteiger partial charge in [0.25, 0.3) is 11.6 Å². The van der Waals surface area contributed by atoms with Crippen LogP contribution in [0, 0.1) is 10.1 Å². The van der Waals surface area contributed by atoms with Crippen molar-refractivity contribution in [2.24, 2.45) is 0 Å². The molecule has 1 amide bonds. The van der Waals surface area contributed by atoms with E-state index in [1.807, 2.05) is 24.3 Å². The molecule has 0 aliphatic carbocycles. The summed E-state index contributed by atoms with van der Waals surface area (Å²) in [6.07, 6.45) is 0.982. The van der Waals surface area contributed by atoms with Gasteiger partial charge in [-0.15, -0.1) is 0 Å². The molecule has 10 heteroatoms. The van der Waals surface area contributed by atoms with Crippen molar-refractivity contribution in [2.75, 3.05) is 31.3 Å². The molecule has 0 bridgehead atoms. The van der Waals surface area contributed by atoms with Gasteiger partial charge in [0.15, 0.2) is 16.4 Å². The Morgan fingerprint density at radius 2 is 1.74 bits per heavy atom. The molecule has 2 N–H and O–H groups in total. The molecular formula is C21H27N3O6S. The average Bonchev–Trinajstić information content (AvgIpc) is 2.68. The van der Waals surface area contributed by atoms with Crippen molar-refractivity contribution in [1.29, 1.82) is 0 Å². The summed E-state index contributed by atoms with van der Waals surface area (Å²) in [7, 11) is -3.55. The van der Waals surface area contributed by atoms with Gasteiger partial charge in [0.2, 0.25) is 0 Å². The summed E-state index contributed by atoms with van der Waals surface area (Å²) in [5.74, 6) is 0.256. The normalized spacial score (nSPS) is 11.6. The van der Waals surface area contributed by atoms with Crippen molar-refractivity contribution in [3.63, 3.8) is 0 Å². The second-order valence-corrected chi connectivity index (χ2v) is 10.1. The fourth-order valence-electron chi connectivity index (χ4n) is 2.69. The molecule has 0 aliphatic heterocycles. The van der Waals surface area contributed by atoms with Gasteiger partial charge in [-0.2, -0.15) is 0 Å². The third kappa shape index (κ3) is 7.25. The van der Waals surface area contributed by atoms with Crippen molar-refractivity contribution >= 4 is 27.1 Å². The zero-order valence-electron chi connectivity index (χ0n) is 18.0. The highest BCUT2D eigenvalue weighted by molar-refractivity contribution is 7.90. The Hall–Kier alpha value is -3.14. The zero-order chi connectivity index (χ0) is 23.2. The number of rotatable bonds is 9. The lowest BCUT2D eigenvalue weighted by atomic mass is 9.87. The molecule has 0 radical (unpaired) electrons. The van der Waals surface area contributed by atoms with Crippen LogP contribution in [0.2, 0.25) is 0 Å². The second-order valence-electron chi connectivity index (χ2n) is 8.05. The third-order valence-corrected chi connectivity index (χ3v) is 5.56. The summed E-state index contributed by atoms with van der Waals surface area (Å²) in [5, 5.41) is 16.7. The molecule has 0 aromatic heterocycles. The van der Waals surface area contributed by atoms with Crippen molar-refractivity contribution < 1.29 is 22.9 Å². The maximum absolute atomic E-state index is 11.9. The van der Waals surface area contributed by atoms with Crippen LogP contribution in [0.4, 0.5) is 11.4 Å². The summed E-state index contributed by atoms with van der Waals surface area (Å²) in [6, 6.07) is 11.2. The Balaban J connectivity index is 1.82. The topological polar surface area (TPSA) is 128 Å². The molecule has 9 nitrogen and oxygen atoms in total. The molecule has 0 atom stereocenters.